The van der Waals surface area contributed by atoms with E-state index in [1.807, 2.05) is 11.8 Å². The number of hydrogen-bond donors (Lipinski definition) is 2. The predicted molar refractivity (Wildman–Crippen MR) is 90.7 cm³/mol. The Balaban J connectivity index is 3.10. The molecular weight excluding hydrogens is 270 g/mol. The Morgan fingerprint density at radius 2 is 1.80 bits per heavy atom. The summed E-state index contributed by atoms with van der Waals surface area (Å²) in [5.41, 5.74) is 0. The molecule has 0 aliphatic heterocycles. The van der Waals surface area contributed by atoms with Gasteiger partial charge in [-0.25, -0.2) is 0 Å². The first kappa shape index (κ1) is 20.2. The van der Waals surface area contributed by atoms with Gasteiger partial charge < -0.3 is 15.2 Å². The van der Waals surface area contributed by atoms with Crippen LogP contribution in [0.2, 0.25) is 0 Å². The molecular formula is C16H35NO2S. The Morgan fingerprint density at radius 1 is 1.05 bits per heavy atom. The number of rotatable bonds is 16. The molecule has 0 rings (SSSR count). The molecule has 0 radical (unpaired) electrons. The zero-order chi connectivity index (χ0) is 14.9. The van der Waals surface area contributed by atoms with Gasteiger partial charge in [0.1, 0.15) is 0 Å². The minimum atomic E-state index is -0.365. The Bertz CT molecular complexity index is 182. The first-order valence-electron chi connectivity index (χ1n) is 8.26. The summed E-state index contributed by atoms with van der Waals surface area (Å²) in [6, 6.07) is 0. The zero-order valence-electron chi connectivity index (χ0n) is 13.5. The SMILES string of the molecule is CCCCCCCCOCC(O)CNCCCCSC. The van der Waals surface area contributed by atoms with Gasteiger partial charge in [-0.2, -0.15) is 11.8 Å². The standard InChI is InChI=1S/C16H35NO2S/c1-3-4-5-6-7-9-12-19-15-16(18)14-17-11-8-10-13-20-2/h16-18H,3-15H2,1-2H3. The summed E-state index contributed by atoms with van der Waals surface area (Å²) in [7, 11) is 0. The largest absolute Gasteiger partial charge is 0.389 e. The molecule has 0 aromatic carbocycles. The van der Waals surface area contributed by atoms with Crippen LogP contribution in [0.4, 0.5) is 0 Å². The molecule has 0 heterocycles. The molecule has 0 aromatic rings. The molecule has 1 atom stereocenters. The number of unbranched alkanes of at least 4 members (excludes halogenated alkanes) is 6. The Kier molecular flexibility index (Phi) is 17.5. The molecule has 2 N–H and O–H groups in total. The van der Waals surface area contributed by atoms with Crippen LogP contribution in [-0.4, -0.2) is 49.5 Å². The lowest BCUT2D eigenvalue weighted by molar-refractivity contribution is 0.0355. The number of aliphatic hydroxyl groups excluding tert-OH is 1. The van der Waals surface area contributed by atoms with Crippen LogP contribution >= 0.6 is 11.8 Å². The molecule has 4 heteroatoms. The fraction of sp³-hybridized carbons (Fsp3) is 1.00. The third kappa shape index (κ3) is 16.3. The van der Waals surface area contributed by atoms with E-state index in [4.69, 9.17) is 4.74 Å². The molecule has 0 amide bonds. The smallest absolute Gasteiger partial charge is 0.0897 e. The highest BCUT2D eigenvalue weighted by Crippen LogP contribution is 2.05. The van der Waals surface area contributed by atoms with Crippen molar-refractivity contribution in [3.8, 4) is 0 Å². The summed E-state index contributed by atoms with van der Waals surface area (Å²) in [4.78, 5) is 0. The van der Waals surface area contributed by atoms with Gasteiger partial charge in [-0.3, -0.25) is 0 Å². The lowest BCUT2D eigenvalue weighted by Gasteiger charge is -2.12. The average Bonchev–Trinajstić information content (AvgIpc) is 2.45. The van der Waals surface area contributed by atoms with Gasteiger partial charge in [-0.05, 0) is 37.8 Å². The van der Waals surface area contributed by atoms with Gasteiger partial charge in [-0.1, -0.05) is 39.0 Å². The van der Waals surface area contributed by atoms with Crippen molar-refractivity contribution in [1.82, 2.24) is 5.32 Å². The van der Waals surface area contributed by atoms with Gasteiger partial charge in [0, 0.05) is 13.2 Å². The zero-order valence-corrected chi connectivity index (χ0v) is 14.3. The fourth-order valence-electron chi connectivity index (χ4n) is 2.03. The summed E-state index contributed by atoms with van der Waals surface area (Å²) in [5, 5.41) is 13.0. The lowest BCUT2D eigenvalue weighted by atomic mass is 10.1. The van der Waals surface area contributed by atoms with Crippen LogP contribution in [-0.2, 0) is 4.74 Å². The quantitative estimate of drug-likeness (QED) is 0.429. The van der Waals surface area contributed by atoms with Gasteiger partial charge >= 0.3 is 0 Å². The normalized spacial score (nSPS) is 12.8. The maximum atomic E-state index is 9.73. The number of ether oxygens (including phenoxy) is 1. The third-order valence-electron chi connectivity index (χ3n) is 3.28. The van der Waals surface area contributed by atoms with Crippen LogP contribution in [0, 0.1) is 0 Å². The van der Waals surface area contributed by atoms with Crippen molar-refractivity contribution < 1.29 is 9.84 Å². The minimum absolute atomic E-state index is 0.365. The highest BCUT2D eigenvalue weighted by Gasteiger charge is 2.03. The Morgan fingerprint density at radius 3 is 2.55 bits per heavy atom. The van der Waals surface area contributed by atoms with Crippen molar-refractivity contribution in [3.63, 3.8) is 0 Å². The number of nitrogens with one attached hydrogen (secondary N) is 1. The second-order valence-corrected chi connectivity index (χ2v) is 6.39. The van der Waals surface area contributed by atoms with Crippen molar-refractivity contribution in [2.45, 2.75) is 64.4 Å². The van der Waals surface area contributed by atoms with E-state index in [9.17, 15) is 5.11 Å². The van der Waals surface area contributed by atoms with Crippen LogP contribution in [0.25, 0.3) is 0 Å². The van der Waals surface area contributed by atoms with Crippen LogP contribution < -0.4 is 5.32 Å². The van der Waals surface area contributed by atoms with Crippen molar-refractivity contribution >= 4 is 11.8 Å². The van der Waals surface area contributed by atoms with Crippen molar-refractivity contribution in [3.05, 3.63) is 0 Å². The Hall–Kier alpha value is 0.230. The summed E-state index contributed by atoms with van der Waals surface area (Å²) in [6.45, 7) is 5.13. The van der Waals surface area contributed by atoms with E-state index in [0.717, 1.165) is 19.6 Å². The van der Waals surface area contributed by atoms with Crippen LogP contribution in [0.5, 0.6) is 0 Å². The molecule has 0 aromatic heterocycles. The molecule has 0 aliphatic rings. The molecule has 0 aliphatic carbocycles. The molecule has 0 spiro atoms. The Labute approximate surface area is 130 Å². The topological polar surface area (TPSA) is 41.5 Å². The van der Waals surface area contributed by atoms with Gasteiger partial charge in [0.15, 0.2) is 0 Å². The van der Waals surface area contributed by atoms with E-state index in [0.29, 0.717) is 13.2 Å². The first-order valence-corrected chi connectivity index (χ1v) is 9.66. The monoisotopic (exact) mass is 305 g/mol. The molecule has 122 valence electrons. The second-order valence-electron chi connectivity index (χ2n) is 5.40. The minimum Gasteiger partial charge on any atom is -0.389 e. The van der Waals surface area contributed by atoms with Crippen LogP contribution in [0.15, 0.2) is 0 Å². The van der Waals surface area contributed by atoms with E-state index >= 15 is 0 Å². The van der Waals surface area contributed by atoms with E-state index < -0.39 is 0 Å². The maximum Gasteiger partial charge on any atom is 0.0897 e. The number of aliphatic hydroxyl groups is 1. The summed E-state index contributed by atoms with van der Waals surface area (Å²) >= 11 is 1.89. The predicted octanol–water partition coefficient (Wildman–Crippen LogP) is 3.46. The summed E-state index contributed by atoms with van der Waals surface area (Å²) in [6.07, 6.45) is 11.9. The summed E-state index contributed by atoms with van der Waals surface area (Å²) in [5.74, 6) is 1.23. The van der Waals surface area contributed by atoms with E-state index in [-0.39, 0.29) is 6.10 Å². The van der Waals surface area contributed by atoms with Crippen molar-refractivity contribution in [2.24, 2.45) is 0 Å². The van der Waals surface area contributed by atoms with E-state index in [1.165, 1.54) is 50.7 Å². The molecule has 0 saturated carbocycles. The number of hydrogen-bond acceptors (Lipinski definition) is 4. The lowest BCUT2D eigenvalue weighted by Crippen LogP contribution is -2.31. The van der Waals surface area contributed by atoms with Crippen LogP contribution in [0.3, 0.4) is 0 Å². The van der Waals surface area contributed by atoms with E-state index in [1.54, 1.807) is 0 Å². The molecule has 0 saturated heterocycles. The first-order chi connectivity index (χ1) is 9.81. The molecule has 20 heavy (non-hydrogen) atoms. The molecule has 0 fully saturated rings. The van der Waals surface area contributed by atoms with Crippen molar-refractivity contribution in [2.75, 3.05) is 38.3 Å². The summed E-state index contributed by atoms with van der Waals surface area (Å²) < 4.78 is 5.50. The highest BCUT2D eigenvalue weighted by atomic mass is 32.2. The van der Waals surface area contributed by atoms with E-state index in [2.05, 4.69) is 18.5 Å². The van der Waals surface area contributed by atoms with Gasteiger partial charge in [0.2, 0.25) is 0 Å². The van der Waals surface area contributed by atoms with Gasteiger partial charge in [0.05, 0.1) is 12.7 Å². The van der Waals surface area contributed by atoms with Crippen LogP contribution in [0.1, 0.15) is 58.3 Å². The highest BCUT2D eigenvalue weighted by molar-refractivity contribution is 7.98. The molecule has 1 unspecified atom stereocenters. The third-order valence-corrected chi connectivity index (χ3v) is 3.98. The average molecular weight is 306 g/mol. The fourth-order valence-corrected chi connectivity index (χ4v) is 2.52. The maximum absolute atomic E-state index is 9.73. The van der Waals surface area contributed by atoms with Gasteiger partial charge in [-0.15, -0.1) is 0 Å². The second kappa shape index (κ2) is 17.3. The van der Waals surface area contributed by atoms with Crippen molar-refractivity contribution in [1.29, 1.82) is 0 Å². The number of thioether (sulfide) groups is 1. The molecule has 0 bridgehead atoms. The van der Waals surface area contributed by atoms with Gasteiger partial charge in [0.25, 0.3) is 0 Å². The molecule has 3 nitrogen and oxygen atoms in total.